The van der Waals surface area contributed by atoms with Crippen LogP contribution in [0.4, 0.5) is 4.79 Å². The van der Waals surface area contributed by atoms with Crippen molar-refractivity contribution in [2.75, 3.05) is 13.1 Å². The molecule has 1 aliphatic rings. The van der Waals surface area contributed by atoms with Crippen LogP contribution in [0, 0.1) is 0 Å². The number of nitrogens with zero attached hydrogens (tertiary/aromatic N) is 3. The molecule has 0 spiro atoms. The first-order valence-electron chi connectivity index (χ1n) is 9.79. The Morgan fingerprint density at radius 2 is 1.93 bits per heavy atom. The number of piperidine rings is 1. The molecule has 7 heteroatoms. The van der Waals surface area contributed by atoms with Crippen LogP contribution in [0.2, 0.25) is 5.15 Å². The second kappa shape index (κ2) is 7.92. The van der Waals surface area contributed by atoms with E-state index in [0.29, 0.717) is 24.2 Å². The largest absolute Gasteiger partial charge is 0.444 e. The Balaban J connectivity index is 1.49. The molecule has 0 bridgehead atoms. The maximum Gasteiger partial charge on any atom is 0.410 e. The van der Waals surface area contributed by atoms with Gasteiger partial charge in [-0.1, -0.05) is 23.7 Å². The first-order valence-corrected chi connectivity index (χ1v) is 11.0. The summed E-state index contributed by atoms with van der Waals surface area (Å²) in [7, 11) is 0. The van der Waals surface area contributed by atoms with Crippen molar-refractivity contribution in [2.45, 2.75) is 45.1 Å². The Morgan fingerprint density at radius 3 is 2.66 bits per heavy atom. The summed E-state index contributed by atoms with van der Waals surface area (Å²) in [5.41, 5.74) is 2.51. The first-order chi connectivity index (χ1) is 13.8. The number of carbonyl (C=O) groups excluding carboxylic acids is 1. The lowest BCUT2D eigenvalue weighted by Crippen LogP contribution is -2.41. The van der Waals surface area contributed by atoms with E-state index in [4.69, 9.17) is 21.3 Å². The van der Waals surface area contributed by atoms with Crippen LogP contribution in [0.25, 0.3) is 21.5 Å². The third-order valence-corrected chi connectivity index (χ3v) is 6.11. The van der Waals surface area contributed by atoms with Crippen LogP contribution in [0.5, 0.6) is 0 Å². The third kappa shape index (κ3) is 4.54. The van der Waals surface area contributed by atoms with Gasteiger partial charge in [0.25, 0.3) is 0 Å². The van der Waals surface area contributed by atoms with Gasteiger partial charge in [-0.2, -0.15) is 0 Å². The highest BCUT2D eigenvalue weighted by molar-refractivity contribution is 7.13. The Bertz CT molecular complexity index is 1040. The highest BCUT2D eigenvalue weighted by Gasteiger charge is 2.28. The van der Waals surface area contributed by atoms with E-state index in [2.05, 4.69) is 10.4 Å². The van der Waals surface area contributed by atoms with E-state index in [1.54, 1.807) is 22.3 Å². The molecule has 1 amide bonds. The maximum atomic E-state index is 12.3. The summed E-state index contributed by atoms with van der Waals surface area (Å²) in [5.74, 6) is 0.352. The van der Waals surface area contributed by atoms with Crippen LogP contribution >= 0.6 is 22.9 Å². The monoisotopic (exact) mass is 429 g/mol. The smallest absolute Gasteiger partial charge is 0.410 e. The van der Waals surface area contributed by atoms with E-state index in [-0.39, 0.29) is 6.09 Å². The number of carbonyl (C=O) groups is 1. The van der Waals surface area contributed by atoms with Crippen LogP contribution < -0.4 is 0 Å². The van der Waals surface area contributed by atoms with E-state index >= 15 is 0 Å². The first kappa shape index (κ1) is 20.1. The molecule has 3 aromatic rings. The van der Waals surface area contributed by atoms with E-state index < -0.39 is 5.60 Å². The summed E-state index contributed by atoms with van der Waals surface area (Å²) in [6.07, 6.45) is 1.55. The minimum absolute atomic E-state index is 0.228. The molecule has 1 aromatic carbocycles. The van der Waals surface area contributed by atoms with Gasteiger partial charge in [0, 0.05) is 35.3 Å². The van der Waals surface area contributed by atoms with Crippen LogP contribution in [0.1, 0.15) is 45.2 Å². The fourth-order valence-corrected chi connectivity index (χ4v) is 4.65. The number of pyridine rings is 1. The van der Waals surface area contributed by atoms with Gasteiger partial charge in [-0.25, -0.2) is 14.8 Å². The number of benzene rings is 1. The van der Waals surface area contributed by atoms with Crippen LogP contribution in [0.3, 0.4) is 0 Å². The van der Waals surface area contributed by atoms with Crippen molar-refractivity contribution >= 4 is 39.9 Å². The molecule has 0 atom stereocenters. The van der Waals surface area contributed by atoms with Crippen molar-refractivity contribution in [3.8, 4) is 10.6 Å². The maximum absolute atomic E-state index is 12.3. The summed E-state index contributed by atoms with van der Waals surface area (Å²) >= 11 is 7.75. The van der Waals surface area contributed by atoms with Crippen molar-refractivity contribution in [1.82, 2.24) is 14.9 Å². The summed E-state index contributed by atoms with van der Waals surface area (Å²) in [6, 6.07) is 9.88. The lowest BCUT2D eigenvalue weighted by molar-refractivity contribution is 0.0204. The molecular weight excluding hydrogens is 406 g/mol. The Kier molecular flexibility index (Phi) is 5.49. The number of hydrogen-bond acceptors (Lipinski definition) is 5. The Labute approximate surface area is 179 Å². The van der Waals surface area contributed by atoms with Gasteiger partial charge in [-0.05, 0) is 51.8 Å². The van der Waals surface area contributed by atoms with Crippen molar-refractivity contribution < 1.29 is 9.53 Å². The molecule has 0 N–H and O–H groups in total. The number of rotatable bonds is 2. The third-order valence-electron chi connectivity index (χ3n) is 5.00. The van der Waals surface area contributed by atoms with E-state index in [0.717, 1.165) is 40.0 Å². The Hall–Kier alpha value is -2.18. The standard InChI is InChI=1S/C22H24ClN3O2S/c1-22(2,3)28-21(27)26-11-9-14(10-12-26)17-13-29-20(24-17)16-6-4-5-15-7-8-18(23)25-19(15)16/h4-8,13-14H,9-12H2,1-3H3. The lowest BCUT2D eigenvalue weighted by atomic mass is 9.94. The summed E-state index contributed by atoms with van der Waals surface area (Å²) in [4.78, 5) is 23.5. The number of likely N-dealkylation sites (tertiary alicyclic amines) is 1. The summed E-state index contributed by atoms with van der Waals surface area (Å²) in [6.45, 7) is 7.06. The minimum atomic E-state index is -0.465. The molecule has 3 heterocycles. The number of halogens is 1. The number of amides is 1. The van der Waals surface area contributed by atoms with Crippen molar-refractivity contribution in [3.05, 3.63) is 46.6 Å². The van der Waals surface area contributed by atoms with Gasteiger partial charge < -0.3 is 9.64 Å². The Morgan fingerprint density at radius 1 is 1.17 bits per heavy atom. The number of thiazole rings is 1. The van der Waals surface area contributed by atoms with Crippen LogP contribution in [-0.4, -0.2) is 39.7 Å². The molecule has 0 radical (unpaired) electrons. The number of ether oxygens (including phenoxy) is 1. The lowest BCUT2D eigenvalue weighted by Gasteiger charge is -2.32. The highest BCUT2D eigenvalue weighted by atomic mass is 35.5. The van der Waals surface area contributed by atoms with Gasteiger partial charge in [0.1, 0.15) is 15.8 Å². The van der Waals surface area contributed by atoms with Gasteiger partial charge in [0.2, 0.25) is 0 Å². The van der Waals surface area contributed by atoms with Crippen LogP contribution in [0.15, 0.2) is 35.7 Å². The fraction of sp³-hybridized carbons (Fsp3) is 0.409. The molecule has 1 saturated heterocycles. The number of para-hydroxylation sites is 1. The predicted octanol–water partition coefficient (Wildman–Crippen LogP) is 6.13. The molecule has 0 saturated carbocycles. The van der Waals surface area contributed by atoms with Crippen molar-refractivity contribution in [1.29, 1.82) is 0 Å². The zero-order chi connectivity index (χ0) is 20.6. The number of hydrogen-bond donors (Lipinski definition) is 0. The highest BCUT2D eigenvalue weighted by Crippen LogP contribution is 2.35. The van der Waals surface area contributed by atoms with Gasteiger partial charge >= 0.3 is 6.09 Å². The normalized spacial score (nSPS) is 15.7. The number of aromatic nitrogens is 2. The molecule has 0 unspecified atom stereocenters. The number of fused-ring (bicyclic) bond motifs is 1. The fourth-order valence-electron chi connectivity index (χ4n) is 3.58. The summed E-state index contributed by atoms with van der Waals surface area (Å²) in [5, 5.41) is 4.62. The molecule has 4 rings (SSSR count). The van der Waals surface area contributed by atoms with E-state index in [1.165, 1.54) is 0 Å². The average molecular weight is 430 g/mol. The second-order valence-corrected chi connectivity index (χ2v) is 9.58. The molecule has 1 fully saturated rings. The molecule has 152 valence electrons. The zero-order valence-electron chi connectivity index (χ0n) is 16.8. The van der Waals surface area contributed by atoms with Gasteiger partial charge in [-0.15, -0.1) is 11.3 Å². The molecular formula is C22H24ClN3O2S. The molecule has 0 aliphatic carbocycles. The van der Waals surface area contributed by atoms with E-state index in [9.17, 15) is 4.79 Å². The van der Waals surface area contributed by atoms with Gasteiger partial charge in [0.05, 0.1) is 11.2 Å². The van der Waals surface area contributed by atoms with Crippen molar-refractivity contribution in [3.63, 3.8) is 0 Å². The summed E-state index contributed by atoms with van der Waals surface area (Å²) < 4.78 is 5.49. The van der Waals surface area contributed by atoms with E-state index in [1.807, 2.05) is 45.0 Å². The quantitative estimate of drug-likeness (QED) is 0.460. The molecule has 2 aromatic heterocycles. The molecule has 5 nitrogen and oxygen atoms in total. The topological polar surface area (TPSA) is 55.3 Å². The van der Waals surface area contributed by atoms with Gasteiger partial charge in [-0.3, -0.25) is 0 Å². The van der Waals surface area contributed by atoms with Gasteiger partial charge in [0.15, 0.2) is 0 Å². The molecule has 1 aliphatic heterocycles. The minimum Gasteiger partial charge on any atom is -0.444 e. The zero-order valence-corrected chi connectivity index (χ0v) is 18.4. The molecule has 29 heavy (non-hydrogen) atoms. The van der Waals surface area contributed by atoms with Crippen molar-refractivity contribution in [2.24, 2.45) is 0 Å². The SMILES string of the molecule is CC(C)(C)OC(=O)N1CCC(c2csc(-c3cccc4ccc(Cl)nc34)n2)CC1. The average Bonchev–Trinajstić information content (AvgIpc) is 3.16. The van der Waals surface area contributed by atoms with Crippen LogP contribution in [-0.2, 0) is 4.74 Å². The predicted molar refractivity (Wildman–Crippen MR) is 118 cm³/mol. The second-order valence-electron chi connectivity index (χ2n) is 8.33.